The molecule has 1 saturated heterocycles. The fourth-order valence-electron chi connectivity index (χ4n) is 2.36. The third-order valence-electron chi connectivity index (χ3n) is 3.88. The molecule has 0 spiro atoms. The van der Waals surface area contributed by atoms with E-state index in [1.807, 2.05) is 0 Å². The van der Waals surface area contributed by atoms with Crippen molar-refractivity contribution in [2.45, 2.75) is 12.8 Å². The van der Waals surface area contributed by atoms with Gasteiger partial charge in [-0.05, 0) is 42.5 Å². The van der Waals surface area contributed by atoms with Gasteiger partial charge in [0, 0.05) is 32.7 Å². The standard InChI is InChI=1S/C14H18ClN3O3/c15-12-4-3-11(21-12)13(19)17-5-7-18(8-6-17)14(20)16-9-10-1-2-10/h3-4,10H,1-2,5-9H2,(H,16,20). The first-order valence-electron chi connectivity index (χ1n) is 7.21. The maximum absolute atomic E-state index is 12.2. The van der Waals surface area contributed by atoms with Crippen molar-refractivity contribution in [3.05, 3.63) is 23.1 Å². The third kappa shape index (κ3) is 3.50. The van der Waals surface area contributed by atoms with Crippen molar-refractivity contribution in [1.29, 1.82) is 0 Å². The number of piperazine rings is 1. The number of nitrogens with zero attached hydrogens (tertiary/aromatic N) is 2. The second-order valence-corrected chi connectivity index (χ2v) is 5.88. The maximum Gasteiger partial charge on any atom is 0.317 e. The van der Waals surface area contributed by atoms with Gasteiger partial charge < -0.3 is 19.5 Å². The number of hydrogen-bond donors (Lipinski definition) is 1. The summed E-state index contributed by atoms with van der Waals surface area (Å²) in [5, 5.41) is 3.15. The van der Waals surface area contributed by atoms with Crippen LogP contribution < -0.4 is 5.32 Å². The molecule has 1 aliphatic carbocycles. The quantitative estimate of drug-likeness (QED) is 0.926. The minimum atomic E-state index is -0.181. The Hall–Kier alpha value is -1.69. The van der Waals surface area contributed by atoms with Crippen LogP contribution in [-0.2, 0) is 0 Å². The number of rotatable bonds is 3. The predicted octanol–water partition coefficient (Wildman–Crippen LogP) is 1.81. The van der Waals surface area contributed by atoms with Gasteiger partial charge in [-0.2, -0.15) is 0 Å². The summed E-state index contributed by atoms with van der Waals surface area (Å²) < 4.78 is 5.13. The number of carbonyl (C=O) groups excluding carboxylic acids is 2. The molecule has 21 heavy (non-hydrogen) atoms. The first kappa shape index (κ1) is 14.3. The summed E-state index contributed by atoms with van der Waals surface area (Å²) in [4.78, 5) is 27.6. The molecule has 3 rings (SSSR count). The van der Waals surface area contributed by atoms with Crippen molar-refractivity contribution >= 4 is 23.5 Å². The summed E-state index contributed by atoms with van der Waals surface area (Å²) >= 11 is 5.67. The minimum Gasteiger partial charge on any atom is -0.440 e. The van der Waals surface area contributed by atoms with E-state index in [9.17, 15) is 9.59 Å². The van der Waals surface area contributed by atoms with Crippen LogP contribution in [0.1, 0.15) is 23.4 Å². The molecule has 6 nitrogen and oxygen atoms in total. The van der Waals surface area contributed by atoms with E-state index in [1.165, 1.54) is 12.8 Å². The topological polar surface area (TPSA) is 65.8 Å². The van der Waals surface area contributed by atoms with E-state index in [0.717, 1.165) is 6.54 Å². The summed E-state index contributed by atoms with van der Waals surface area (Å²) in [5.41, 5.74) is 0. The zero-order chi connectivity index (χ0) is 14.8. The van der Waals surface area contributed by atoms with Gasteiger partial charge in [0.1, 0.15) is 0 Å². The van der Waals surface area contributed by atoms with Crippen LogP contribution in [0.15, 0.2) is 16.5 Å². The molecule has 0 bridgehead atoms. The number of hydrogen-bond acceptors (Lipinski definition) is 3. The van der Waals surface area contributed by atoms with Gasteiger partial charge in [-0.1, -0.05) is 0 Å². The Morgan fingerprint density at radius 1 is 1.19 bits per heavy atom. The van der Waals surface area contributed by atoms with Crippen molar-refractivity contribution in [3.8, 4) is 0 Å². The molecule has 0 unspecified atom stereocenters. The van der Waals surface area contributed by atoms with Crippen molar-refractivity contribution in [1.82, 2.24) is 15.1 Å². The highest BCUT2D eigenvalue weighted by Crippen LogP contribution is 2.27. The lowest BCUT2D eigenvalue weighted by Gasteiger charge is -2.34. The van der Waals surface area contributed by atoms with Crippen LogP contribution in [0.25, 0.3) is 0 Å². The lowest BCUT2D eigenvalue weighted by molar-refractivity contribution is 0.0634. The average molecular weight is 312 g/mol. The smallest absolute Gasteiger partial charge is 0.317 e. The average Bonchev–Trinajstić information content (AvgIpc) is 3.24. The van der Waals surface area contributed by atoms with Gasteiger partial charge in [0.15, 0.2) is 11.0 Å². The van der Waals surface area contributed by atoms with Gasteiger partial charge in [0.25, 0.3) is 5.91 Å². The largest absolute Gasteiger partial charge is 0.440 e. The lowest BCUT2D eigenvalue weighted by atomic mass is 10.3. The van der Waals surface area contributed by atoms with Crippen LogP contribution in [0.3, 0.4) is 0 Å². The van der Waals surface area contributed by atoms with Gasteiger partial charge in [0.05, 0.1) is 0 Å². The number of carbonyl (C=O) groups is 2. The van der Waals surface area contributed by atoms with Gasteiger partial charge in [-0.3, -0.25) is 4.79 Å². The van der Waals surface area contributed by atoms with Crippen LogP contribution >= 0.6 is 11.6 Å². The van der Waals surface area contributed by atoms with Gasteiger partial charge in [0.2, 0.25) is 0 Å². The van der Waals surface area contributed by atoms with Crippen LogP contribution in [-0.4, -0.2) is 54.5 Å². The molecule has 1 N–H and O–H groups in total. The summed E-state index contributed by atoms with van der Waals surface area (Å²) in [7, 11) is 0. The van der Waals surface area contributed by atoms with E-state index in [4.69, 9.17) is 16.0 Å². The van der Waals surface area contributed by atoms with Crippen molar-refractivity contribution in [2.24, 2.45) is 5.92 Å². The number of amides is 3. The van der Waals surface area contributed by atoms with E-state index < -0.39 is 0 Å². The molecule has 0 atom stereocenters. The molecule has 1 aromatic heterocycles. The molecule has 2 fully saturated rings. The van der Waals surface area contributed by atoms with E-state index in [0.29, 0.717) is 32.1 Å². The maximum atomic E-state index is 12.2. The first-order chi connectivity index (χ1) is 10.1. The Morgan fingerprint density at radius 3 is 2.43 bits per heavy atom. The van der Waals surface area contributed by atoms with E-state index in [2.05, 4.69) is 5.32 Å². The van der Waals surface area contributed by atoms with E-state index in [1.54, 1.807) is 21.9 Å². The summed E-state index contributed by atoms with van der Waals surface area (Å²) in [6.45, 7) is 2.86. The highest BCUT2D eigenvalue weighted by molar-refractivity contribution is 6.29. The summed E-state index contributed by atoms with van der Waals surface area (Å²) in [6, 6.07) is 3.09. The summed E-state index contributed by atoms with van der Waals surface area (Å²) in [6.07, 6.45) is 2.43. The number of nitrogens with one attached hydrogen (secondary N) is 1. The SMILES string of the molecule is O=C(NCC1CC1)N1CCN(C(=O)c2ccc(Cl)o2)CC1. The second kappa shape index (κ2) is 5.97. The zero-order valence-electron chi connectivity index (χ0n) is 11.7. The molecule has 1 aliphatic heterocycles. The van der Waals surface area contributed by atoms with Crippen molar-refractivity contribution < 1.29 is 14.0 Å². The molecule has 0 radical (unpaired) electrons. The molecule has 2 heterocycles. The van der Waals surface area contributed by atoms with E-state index >= 15 is 0 Å². The molecule has 114 valence electrons. The Labute approximate surface area is 128 Å². The first-order valence-corrected chi connectivity index (χ1v) is 7.58. The second-order valence-electron chi connectivity index (χ2n) is 5.51. The number of furan rings is 1. The van der Waals surface area contributed by atoms with Gasteiger partial charge in [-0.15, -0.1) is 0 Å². The molecule has 7 heteroatoms. The predicted molar refractivity (Wildman–Crippen MR) is 77.3 cm³/mol. The normalized spacial score (nSPS) is 18.7. The Bertz CT molecular complexity index is 533. The monoisotopic (exact) mass is 311 g/mol. The fourth-order valence-corrected chi connectivity index (χ4v) is 2.51. The molecule has 1 saturated carbocycles. The van der Waals surface area contributed by atoms with Crippen molar-refractivity contribution in [2.75, 3.05) is 32.7 Å². The van der Waals surface area contributed by atoms with Crippen LogP contribution in [0, 0.1) is 5.92 Å². The Morgan fingerprint density at radius 2 is 1.86 bits per heavy atom. The molecule has 1 aromatic rings. The fraction of sp³-hybridized carbons (Fsp3) is 0.571. The van der Waals surface area contributed by atoms with Crippen molar-refractivity contribution in [3.63, 3.8) is 0 Å². The molecule has 0 aromatic carbocycles. The van der Waals surface area contributed by atoms with Gasteiger partial charge in [-0.25, -0.2) is 4.79 Å². The highest BCUT2D eigenvalue weighted by atomic mass is 35.5. The minimum absolute atomic E-state index is 0.0324. The Balaban J connectivity index is 1.47. The molecule has 3 amide bonds. The summed E-state index contributed by atoms with van der Waals surface area (Å²) in [5.74, 6) is 0.729. The molecular weight excluding hydrogens is 294 g/mol. The van der Waals surface area contributed by atoms with Crippen LogP contribution in [0.2, 0.25) is 5.22 Å². The van der Waals surface area contributed by atoms with Crippen LogP contribution in [0.5, 0.6) is 0 Å². The highest BCUT2D eigenvalue weighted by Gasteiger charge is 2.27. The Kier molecular flexibility index (Phi) is 4.05. The molecular formula is C14H18ClN3O3. The lowest BCUT2D eigenvalue weighted by Crippen LogP contribution is -2.53. The van der Waals surface area contributed by atoms with Gasteiger partial charge >= 0.3 is 6.03 Å². The zero-order valence-corrected chi connectivity index (χ0v) is 12.4. The number of halogens is 1. The third-order valence-corrected chi connectivity index (χ3v) is 4.08. The van der Waals surface area contributed by atoms with Crippen LogP contribution in [0.4, 0.5) is 4.79 Å². The molecule has 2 aliphatic rings. The van der Waals surface area contributed by atoms with E-state index in [-0.39, 0.29) is 22.9 Å². The number of urea groups is 1.